The van der Waals surface area contributed by atoms with Crippen molar-refractivity contribution >= 4 is 66.5 Å². The molecule has 0 aliphatic carbocycles. The van der Waals surface area contributed by atoms with Crippen LogP contribution in [0, 0.1) is 13.8 Å². The number of alkyl halides is 3. The zero-order valence-electron chi connectivity index (χ0n) is 24.0. The minimum Gasteiger partial charge on any atom is -0.462 e. The zero-order chi connectivity index (χ0) is 31.3. The van der Waals surface area contributed by atoms with Crippen molar-refractivity contribution in [1.82, 2.24) is 4.98 Å². The number of carbonyl (C=O) groups is 1. The van der Waals surface area contributed by atoms with E-state index in [0.717, 1.165) is 23.7 Å². The minimum atomic E-state index is -4.83. The van der Waals surface area contributed by atoms with Crippen molar-refractivity contribution in [2.24, 2.45) is 30.7 Å². The average Bonchev–Trinajstić information content (AvgIpc) is 3.76. The average molecular weight is 641 g/mol. The van der Waals surface area contributed by atoms with Crippen LogP contribution in [0.25, 0.3) is 0 Å². The quantitative estimate of drug-likeness (QED) is 0.134. The Hall–Kier alpha value is -4.37. The SMILES string of the molecule is CCOC(=O)c1sc(N=Nc2ccc(N=Nc3ccc(N=Nc4ccc(N5CCCC5)s4)cc3C)cc2C)nc1C(F)(F)F. The molecule has 0 saturated carbocycles. The van der Waals surface area contributed by atoms with Crippen molar-refractivity contribution in [1.29, 1.82) is 0 Å². The molecule has 0 amide bonds. The lowest BCUT2D eigenvalue weighted by Crippen LogP contribution is -2.15. The summed E-state index contributed by atoms with van der Waals surface area (Å²) in [5.74, 6) is -1.11. The predicted octanol–water partition coefficient (Wildman–Crippen LogP) is 10.9. The summed E-state index contributed by atoms with van der Waals surface area (Å²) in [6.45, 7) is 7.27. The summed E-state index contributed by atoms with van der Waals surface area (Å²) in [4.78, 5) is 17.1. The van der Waals surface area contributed by atoms with Crippen LogP contribution in [0.4, 0.5) is 51.1 Å². The van der Waals surface area contributed by atoms with Gasteiger partial charge in [0.15, 0.2) is 5.69 Å². The van der Waals surface area contributed by atoms with Gasteiger partial charge in [-0.25, -0.2) is 9.78 Å². The van der Waals surface area contributed by atoms with Crippen LogP contribution in [0.5, 0.6) is 0 Å². The Balaban J connectivity index is 1.24. The number of ether oxygens (including phenoxy) is 1. The molecule has 0 spiro atoms. The van der Waals surface area contributed by atoms with Crippen LogP contribution < -0.4 is 4.90 Å². The maximum atomic E-state index is 13.4. The molecule has 0 atom stereocenters. The molecule has 0 unspecified atom stereocenters. The number of aryl methyl sites for hydroxylation is 2. The lowest BCUT2D eigenvalue weighted by molar-refractivity contribution is -0.141. The van der Waals surface area contributed by atoms with Crippen LogP contribution >= 0.6 is 22.7 Å². The van der Waals surface area contributed by atoms with Crippen LogP contribution in [0.3, 0.4) is 0 Å². The molecule has 1 aliphatic rings. The molecule has 3 heterocycles. The number of azo groups is 3. The van der Waals surface area contributed by atoms with E-state index >= 15 is 0 Å². The van der Waals surface area contributed by atoms with Gasteiger partial charge in [0.25, 0.3) is 0 Å². The first-order chi connectivity index (χ1) is 21.1. The van der Waals surface area contributed by atoms with Gasteiger partial charge >= 0.3 is 12.1 Å². The van der Waals surface area contributed by atoms with E-state index in [1.165, 1.54) is 24.8 Å². The highest BCUT2D eigenvalue weighted by molar-refractivity contribution is 7.19. The first-order valence-corrected chi connectivity index (χ1v) is 15.3. The maximum Gasteiger partial charge on any atom is 0.435 e. The Morgan fingerprint density at radius 3 is 2.07 bits per heavy atom. The summed E-state index contributed by atoms with van der Waals surface area (Å²) >= 11 is 2.09. The van der Waals surface area contributed by atoms with Gasteiger partial charge in [-0.15, -0.1) is 20.5 Å². The number of carbonyl (C=O) groups excluding carboxylic acids is 1. The van der Waals surface area contributed by atoms with Gasteiger partial charge in [-0.05, 0) is 93.3 Å². The van der Waals surface area contributed by atoms with Gasteiger partial charge in [-0.2, -0.15) is 23.4 Å². The molecule has 2 aromatic carbocycles. The molecule has 44 heavy (non-hydrogen) atoms. The van der Waals surface area contributed by atoms with Gasteiger partial charge in [0.05, 0.1) is 34.4 Å². The molecule has 1 fully saturated rings. The lowest BCUT2D eigenvalue weighted by Gasteiger charge is -2.13. The molecule has 0 bridgehead atoms. The van der Waals surface area contributed by atoms with E-state index in [9.17, 15) is 18.0 Å². The van der Waals surface area contributed by atoms with Gasteiger partial charge in [0.1, 0.15) is 9.88 Å². The summed E-state index contributed by atoms with van der Waals surface area (Å²) in [6.07, 6.45) is -2.39. The molecule has 0 N–H and O–H groups in total. The maximum absolute atomic E-state index is 13.4. The van der Waals surface area contributed by atoms with Gasteiger partial charge in [-0.3, -0.25) is 0 Å². The van der Waals surface area contributed by atoms with E-state index in [1.807, 2.05) is 31.2 Å². The number of hydrogen-bond donors (Lipinski definition) is 0. The Bertz CT molecular complexity index is 1740. The minimum absolute atomic E-state index is 0.0690. The molecule has 4 aromatic rings. The second kappa shape index (κ2) is 13.5. The first-order valence-electron chi connectivity index (χ1n) is 13.7. The fraction of sp³-hybridized carbons (Fsp3) is 0.310. The third-order valence-electron chi connectivity index (χ3n) is 6.48. The van der Waals surface area contributed by atoms with Crippen LogP contribution in [0.15, 0.2) is 79.2 Å². The Morgan fingerprint density at radius 1 is 0.864 bits per heavy atom. The second-order valence-electron chi connectivity index (χ2n) is 9.74. The number of aromatic nitrogens is 1. The summed E-state index contributed by atoms with van der Waals surface area (Å²) in [5, 5.41) is 27.0. The van der Waals surface area contributed by atoms with Crippen molar-refractivity contribution in [3.05, 3.63) is 70.2 Å². The monoisotopic (exact) mass is 640 g/mol. The molecule has 1 aliphatic heterocycles. The number of halogens is 3. The molecular formula is C29H27F3N8O2S2. The number of thiophene rings is 1. The lowest BCUT2D eigenvalue weighted by atomic mass is 10.2. The van der Waals surface area contributed by atoms with E-state index in [0.29, 0.717) is 39.6 Å². The third kappa shape index (κ3) is 7.58. The number of anilines is 1. The summed E-state index contributed by atoms with van der Waals surface area (Å²) in [5.41, 5.74) is 2.52. The van der Waals surface area contributed by atoms with E-state index in [4.69, 9.17) is 4.74 Å². The zero-order valence-corrected chi connectivity index (χ0v) is 25.6. The van der Waals surface area contributed by atoms with E-state index in [2.05, 4.69) is 46.6 Å². The molecule has 0 radical (unpaired) electrons. The van der Waals surface area contributed by atoms with E-state index in [1.54, 1.807) is 36.5 Å². The van der Waals surface area contributed by atoms with Crippen LogP contribution in [-0.2, 0) is 10.9 Å². The Labute approximate surface area is 259 Å². The smallest absolute Gasteiger partial charge is 0.435 e. The van der Waals surface area contributed by atoms with Crippen molar-refractivity contribution in [3.63, 3.8) is 0 Å². The van der Waals surface area contributed by atoms with Gasteiger partial charge in [0, 0.05) is 13.1 Å². The topological polar surface area (TPSA) is 117 Å². The van der Waals surface area contributed by atoms with E-state index < -0.39 is 22.7 Å². The highest BCUT2D eigenvalue weighted by atomic mass is 32.1. The third-order valence-corrected chi connectivity index (χ3v) is 8.43. The second-order valence-corrected chi connectivity index (χ2v) is 11.8. The molecule has 5 rings (SSSR count). The normalized spacial score (nSPS) is 14.1. The number of benzene rings is 2. The van der Waals surface area contributed by atoms with Gasteiger partial charge < -0.3 is 9.64 Å². The Morgan fingerprint density at radius 2 is 1.48 bits per heavy atom. The first kappa shape index (κ1) is 31.1. The van der Waals surface area contributed by atoms with Crippen molar-refractivity contribution in [2.45, 2.75) is 39.8 Å². The molecule has 1 saturated heterocycles. The molecule has 10 nitrogen and oxygen atoms in total. The summed E-state index contributed by atoms with van der Waals surface area (Å²) in [6, 6.07) is 14.6. The number of thiazole rings is 1. The fourth-order valence-electron chi connectivity index (χ4n) is 4.30. The van der Waals surface area contributed by atoms with Crippen LogP contribution in [0.1, 0.15) is 46.3 Å². The highest BCUT2D eigenvalue weighted by Gasteiger charge is 2.40. The fourth-order valence-corrected chi connectivity index (χ4v) is 5.98. The molecular weight excluding hydrogens is 614 g/mol. The molecule has 15 heteroatoms. The number of hydrogen-bond acceptors (Lipinski definition) is 12. The Kier molecular flexibility index (Phi) is 9.54. The predicted molar refractivity (Wildman–Crippen MR) is 164 cm³/mol. The number of esters is 1. The van der Waals surface area contributed by atoms with Crippen molar-refractivity contribution in [2.75, 3.05) is 24.6 Å². The number of nitrogens with zero attached hydrogens (tertiary/aromatic N) is 8. The summed E-state index contributed by atoms with van der Waals surface area (Å²) < 4.78 is 44.8. The van der Waals surface area contributed by atoms with Crippen LogP contribution in [0.2, 0.25) is 0 Å². The van der Waals surface area contributed by atoms with Gasteiger partial charge in [-0.1, -0.05) is 22.7 Å². The molecule has 228 valence electrons. The summed E-state index contributed by atoms with van der Waals surface area (Å²) in [7, 11) is 0. The van der Waals surface area contributed by atoms with Crippen molar-refractivity contribution < 1.29 is 22.7 Å². The standard InChI is InChI=1S/C29H27F3N8O2S2/c1-4-42-27(41)25-26(29(30,31)32)33-28(44-25)39-37-22-10-7-19(15-18(22)3)34-36-21-9-8-20(16-17(21)2)35-38-23-11-12-24(43-23)40-13-5-6-14-40/h7-12,15-16H,4-6,13-14H2,1-3H3. The molecule has 2 aromatic heterocycles. The van der Waals surface area contributed by atoms with Crippen molar-refractivity contribution in [3.8, 4) is 0 Å². The number of rotatable bonds is 9. The largest absolute Gasteiger partial charge is 0.462 e. The highest BCUT2D eigenvalue weighted by Crippen LogP contribution is 2.39. The van der Waals surface area contributed by atoms with Crippen LogP contribution in [-0.4, -0.2) is 30.6 Å². The van der Waals surface area contributed by atoms with E-state index in [-0.39, 0.29) is 11.7 Å². The van der Waals surface area contributed by atoms with Gasteiger partial charge in [0.2, 0.25) is 5.13 Å².